The van der Waals surface area contributed by atoms with E-state index in [-0.39, 0.29) is 5.56 Å². The fourth-order valence-corrected chi connectivity index (χ4v) is 1.24. The van der Waals surface area contributed by atoms with E-state index in [4.69, 9.17) is 5.11 Å². The lowest BCUT2D eigenvalue weighted by molar-refractivity contribution is 0.0695. The summed E-state index contributed by atoms with van der Waals surface area (Å²) in [5, 5.41) is 8.71. The summed E-state index contributed by atoms with van der Waals surface area (Å²) in [6.07, 6.45) is 1.50. The van der Waals surface area contributed by atoms with Crippen molar-refractivity contribution in [3.8, 4) is 0 Å². The molecule has 0 aliphatic rings. The van der Waals surface area contributed by atoms with Gasteiger partial charge >= 0.3 is 5.97 Å². The second kappa shape index (κ2) is 3.51. The smallest absolute Gasteiger partial charge is 0.337 e. The van der Waals surface area contributed by atoms with Gasteiger partial charge in [-0.15, -0.1) is 0 Å². The van der Waals surface area contributed by atoms with Gasteiger partial charge in [-0.3, -0.25) is 0 Å². The van der Waals surface area contributed by atoms with Gasteiger partial charge in [0.2, 0.25) is 5.95 Å². The van der Waals surface area contributed by atoms with E-state index in [1.807, 2.05) is 0 Å². The molecule has 0 amide bonds. The van der Waals surface area contributed by atoms with Crippen molar-refractivity contribution >= 4 is 5.97 Å². The van der Waals surface area contributed by atoms with Crippen LogP contribution in [0.3, 0.4) is 0 Å². The molecule has 0 aliphatic carbocycles. The van der Waals surface area contributed by atoms with E-state index in [2.05, 4.69) is 4.98 Å². The Bertz CT molecular complexity index is 350. The van der Waals surface area contributed by atoms with E-state index < -0.39 is 11.9 Å². The molecule has 1 rings (SSSR count). The molecule has 0 atom stereocenters. The predicted molar refractivity (Wildman–Crippen MR) is 45.3 cm³/mol. The highest BCUT2D eigenvalue weighted by atomic mass is 19.1. The van der Waals surface area contributed by atoms with Crippen LogP contribution in [-0.4, -0.2) is 16.1 Å². The van der Waals surface area contributed by atoms with Crippen LogP contribution in [0.25, 0.3) is 0 Å². The van der Waals surface area contributed by atoms with Crippen LogP contribution in [0.5, 0.6) is 0 Å². The molecule has 0 fully saturated rings. The molecular formula is C9H10FNO2. The number of pyridine rings is 1. The maximum atomic E-state index is 13.0. The average Bonchev–Trinajstić information content (AvgIpc) is 2.04. The average molecular weight is 183 g/mol. The van der Waals surface area contributed by atoms with Crippen LogP contribution in [0.1, 0.15) is 28.4 Å². The van der Waals surface area contributed by atoms with Crippen LogP contribution in [-0.2, 0) is 6.42 Å². The molecule has 70 valence electrons. The molecular weight excluding hydrogens is 173 g/mol. The third-order valence-electron chi connectivity index (χ3n) is 2.00. The second-order valence-corrected chi connectivity index (χ2v) is 2.72. The molecule has 0 spiro atoms. The van der Waals surface area contributed by atoms with Crippen molar-refractivity contribution in [2.24, 2.45) is 0 Å². The van der Waals surface area contributed by atoms with Crippen LogP contribution in [0.15, 0.2) is 6.20 Å². The Morgan fingerprint density at radius 2 is 2.31 bits per heavy atom. The van der Waals surface area contributed by atoms with Gasteiger partial charge in [0, 0.05) is 11.8 Å². The first kappa shape index (κ1) is 9.64. The topological polar surface area (TPSA) is 50.2 Å². The van der Waals surface area contributed by atoms with Crippen molar-refractivity contribution in [3.63, 3.8) is 0 Å². The number of rotatable bonds is 2. The minimum absolute atomic E-state index is 0.0678. The molecule has 1 aromatic rings. The van der Waals surface area contributed by atoms with Crippen molar-refractivity contribution in [3.05, 3.63) is 28.8 Å². The molecule has 0 aromatic carbocycles. The largest absolute Gasteiger partial charge is 0.478 e. The number of hydrogen-bond donors (Lipinski definition) is 1. The first-order chi connectivity index (χ1) is 6.07. The Balaban J connectivity index is 3.35. The quantitative estimate of drug-likeness (QED) is 0.711. The normalized spacial score (nSPS) is 10.1. The van der Waals surface area contributed by atoms with E-state index in [0.29, 0.717) is 17.5 Å². The van der Waals surface area contributed by atoms with Gasteiger partial charge < -0.3 is 5.11 Å². The molecule has 0 aliphatic heterocycles. The fourth-order valence-electron chi connectivity index (χ4n) is 1.24. The maximum absolute atomic E-state index is 13.0. The van der Waals surface area contributed by atoms with E-state index in [9.17, 15) is 9.18 Å². The molecule has 4 heteroatoms. The number of aromatic nitrogens is 1. The lowest BCUT2D eigenvalue weighted by atomic mass is 10.0. The number of carboxylic acids is 1. The zero-order chi connectivity index (χ0) is 10.0. The Hall–Kier alpha value is -1.45. The highest BCUT2D eigenvalue weighted by molar-refractivity contribution is 5.89. The van der Waals surface area contributed by atoms with Crippen molar-refractivity contribution in [2.45, 2.75) is 20.3 Å². The Labute approximate surface area is 75.2 Å². The van der Waals surface area contributed by atoms with Gasteiger partial charge in [0.1, 0.15) is 0 Å². The lowest BCUT2D eigenvalue weighted by Crippen LogP contribution is -2.06. The number of hydrogen-bond acceptors (Lipinski definition) is 2. The minimum Gasteiger partial charge on any atom is -0.478 e. The SMILES string of the molecule is CCc1c(F)ncc(C(=O)O)c1C. The highest BCUT2D eigenvalue weighted by Crippen LogP contribution is 2.15. The third kappa shape index (κ3) is 1.66. The molecule has 0 bridgehead atoms. The summed E-state index contributed by atoms with van der Waals surface area (Å²) < 4.78 is 13.0. The Morgan fingerprint density at radius 1 is 1.69 bits per heavy atom. The molecule has 0 saturated heterocycles. The fraction of sp³-hybridized carbons (Fsp3) is 0.333. The summed E-state index contributed by atoms with van der Waals surface area (Å²) in [5.41, 5.74) is 0.903. The Kier molecular flexibility index (Phi) is 2.60. The van der Waals surface area contributed by atoms with Crippen molar-refractivity contribution in [1.29, 1.82) is 0 Å². The molecule has 0 unspecified atom stereocenters. The summed E-state index contributed by atoms with van der Waals surface area (Å²) in [6.45, 7) is 3.35. The van der Waals surface area contributed by atoms with Crippen molar-refractivity contribution < 1.29 is 14.3 Å². The summed E-state index contributed by atoms with van der Waals surface area (Å²) in [6, 6.07) is 0. The minimum atomic E-state index is -1.07. The van der Waals surface area contributed by atoms with Crippen LogP contribution in [0.2, 0.25) is 0 Å². The van der Waals surface area contributed by atoms with Gasteiger partial charge in [0.05, 0.1) is 5.56 Å². The molecule has 1 heterocycles. The van der Waals surface area contributed by atoms with E-state index in [0.717, 1.165) is 6.20 Å². The monoisotopic (exact) mass is 183 g/mol. The van der Waals surface area contributed by atoms with Gasteiger partial charge in [-0.1, -0.05) is 6.92 Å². The molecule has 1 aromatic heterocycles. The molecule has 3 nitrogen and oxygen atoms in total. The van der Waals surface area contributed by atoms with Crippen LogP contribution in [0, 0.1) is 12.9 Å². The standard InChI is InChI=1S/C9H10FNO2/c1-3-6-5(2)7(9(12)13)4-11-8(6)10/h4H,3H2,1-2H3,(H,12,13). The van der Waals surface area contributed by atoms with Crippen molar-refractivity contribution in [1.82, 2.24) is 4.98 Å². The third-order valence-corrected chi connectivity index (χ3v) is 2.00. The predicted octanol–water partition coefficient (Wildman–Crippen LogP) is 1.79. The van der Waals surface area contributed by atoms with Gasteiger partial charge in [-0.25, -0.2) is 9.78 Å². The lowest BCUT2D eigenvalue weighted by Gasteiger charge is -2.06. The molecule has 0 radical (unpaired) electrons. The number of carboxylic acid groups (broad SMARTS) is 1. The number of aromatic carboxylic acids is 1. The number of nitrogens with zero attached hydrogens (tertiary/aromatic N) is 1. The first-order valence-electron chi connectivity index (χ1n) is 3.95. The molecule has 1 N–H and O–H groups in total. The summed E-state index contributed by atoms with van der Waals surface area (Å²) in [7, 11) is 0. The highest BCUT2D eigenvalue weighted by Gasteiger charge is 2.13. The second-order valence-electron chi connectivity index (χ2n) is 2.72. The number of halogens is 1. The van der Waals surface area contributed by atoms with Gasteiger partial charge in [-0.05, 0) is 18.9 Å². The zero-order valence-corrected chi connectivity index (χ0v) is 7.47. The van der Waals surface area contributed by atoms with Crippen LogP contribution >= 0.6 is 0 Å². The van der Waals surface area contributed by atoms with E-state index >= 15 is 0 Å². The summed E-state index contributed by atoms with van der Waals surface area (Å²) >= 11 is 0. The molecule has 13 heavy (non-hydrogen) atoms. The van der Waals surface area contributed by atoms with Crippen LogP contribution in [0.4, 0.5) is 4.39 Å². The van der Waals surface area contributed by atoms with E-state index in [1.165, 1.54) is 0 Å². The van der Waals surface area contributed by atoms with Gasteiger partial charge in [0.15, 0.2) is 0 Å². The van der Waals surface area contributed by atoms with Crippen LogP contribution < -0.4 is 0 Å². The molecule has 0 saturated carbocycles. The first-order valence-corrected chi connectivity index (χ1v) is 3.95. The van der Waals surface area contributed by atoms with Gasteiger partial charge in [-0.2, -0.15) is 4.39 Å². The van der Waals surface area contributed by atoms with E-state index in [1.54, 1.807) is 13.8 Å². The summed E-state index contributed by atoms with van der Waals surface area (Å²) in [5.74, 6) is -1.65. The zero-order valence-electron chi connectivity index (χ0n) is 7.47. The maximum Gasteiger partial charge on any atom is 0.337 e. The Morgan fingerprint density at radius 3 is 2.77 bits per heavy atom. The van der Waals surface area contributed by atoms with Gasteiger partial charge in [0.25, 0.3) is 0 Å². The summed E-state index contributed by atoms with van der Waals surface area (Å²) in [4.78, 5) is 14.0. The number of carbonyl (C=O) groups is 1. The van der Waals surface area contributed by atoms with Crippen molar-refractivity contribution in [2.75, 3.05) is 0 Å².